The Bertz CT molecular complexity index is 866. The second kappa shape index (κ2) is 8.11. The number of aryl methyl sites for hydroxylation is 1. The van der Waals surface area contributed by atoms with E-state index in [2.05, 4.69) is 22.1 Å². The Labute approximate surface area is 149 Å². The van der Waals surface area contributed by atoms with Crippen LogP contribution in [0, 0.1) is 10.1 Å². The number of aromatic nitrogens is 2. The Morgan fingerprint density at radius 3 is 2.62 bits per heavy atom. The quantitative estimate of drug-likeness (QED) is 0.373. The van der Waals surface area contributed by atoms with E-state index in [1.54, 1.807) is 12.1 Å². The molecule has 8 heteroatoms. The summed E-state index contributed by atoms with van der Waals surface area (Å²) in [5.74, 6) is -0.0189. The molecule has 0 amide bonds. The number of anilines is 1. The molecule has 3 rings (SSSR count). The zero-order chi connectivity index (χ0) is 18.4. The normalized spacial score (nSPS) is 10.6. The Balaban J connectivity index is 1.68. The fourth-order valence-corrected chi connectivity index (χ4v) is 2.55. The molecule has 0 unspecified atom stereocenters. The molecule has 0 bridgehead atoms. The highest BCUT2D eigenvalue weighted by Gasteiger charge is 2.28. The first-order valence-corrected chi connectivity index (χ1v) is 8.17. The smallest absolute Gasteiger partial charge is 0.360 e. The zero-order valence-corrected chi connectivity index (χ0v) is 14.0. The number of unbranched alkanes of at least 4 members (excludes halogenated alkanes) is 1. The summed E-state index contributed by atoms with van der Waals surface area (Å²) < 4.78 is 10.7. The van der Waals surface area contributed by atoms with Crippen LogP contribution in [-0.4, -0.2) is 21.5 Å². The van der Waals surface area contributed by atoms with Crippen molar-refractivity contribution in [3.05, 3.63) is 64.4 Å². The van der Waals surface area contributed by atoms with Crippen molar-refractivity contribution in [2.45, 2.75) is 19.3 Å². The first-order valence-electron chi connectivity index (χ1n) is 8.17. The first kappa shape index (κ1) is 17.4. The van der Waals surface area contributed by atoms with Gasteiger partial charge in [0.05, 0.1) is 17.8 Å². The SMILES string of the molecule is Nc1nc(OCCCCc2ccccc2)c([N+](=O)[O-])c(-c2ccco2)n1. The Hall–Kier alpha value is -3.42. The molecule has 0 aliphatic carbocycles. The molecule has 8 nitrogen and oxygen atoms in total. The molecular weight excluding hydrogens is 336 g/mol. The van der Waals surface area contributed by atoms with Gasteiger partial charge in [0, 0.05) is 0 Å². The molecule has 0 saturated heterocycles. The number of nitrogen functional groups attached to an aromatic ring is 1. The number of benzene rings is 1. The zero-order valence-electron chi connectivity index (χ0n) is 14.0. The van der Waals surface area contributed by atoms with Crippen LogP contribution in [-0.2, 0) is 6.42 Å². The summed E-state index contributed by atoms with van der Waals surface area (Å²) in [5, 5.41) is 11.5. The van der Waals surface area contributed by atoms with E-state index in [0.29, 0.717) is 6.61 Å². The summed E-state index contributed by atoms with van der Waals surface area (Å²) in [5.41, 5.74) is 6.57. The Morgan fingerprint density at radius 2 is 1.92 bits per heavy atom. The third-order valence-electron chi connectivity index (χ3n) is 3.75. The summed E-state index contributed by atoms with van der Waals surface area (Å²) in [4.78, 5) is 18.7. The van der Waals surface area contributed by atoms with Gasteiger partial charge in [0.15, 0.2) is 11.5 Å². The van der Waals surface area contributed by atoms with Gasteiger partial charge in [-0.1, -0.05) is 30.3 Å². The van der Waals surface area contributed by atoms with Crippen molar-refractivity contribution in [1.29, 1.82) is 0 Å². The highest BCUT2D eigenvalue weighted by atomic mass is 16.6. The van der Waals surface area contributed by atoms with Crippen molar-refractivity contribution in [1.82, 2.24) is 9.97 Å². The van der Waals surface area contributed by atoms with Gasteiger partial charge in [0.1, 0.15) is 0 Å². The fraction of sp³-hybridized carbons (Fsp3) is 0.222. The van der Waals surface area contributed by atoms with Gasteiger partial charge in [0.25, 0.3) is 5.88 Å². The highest BCUT2D eigenvalue weighted by Crippen LogP contribution is 2.35. The molecule has 2 heterocycles. The summed E-state index contributed by atoms with van der Waals surface area (Å²) in [7, 11) is 0. The molecule has 1 aromatic carbocycles. The van der Waals surface area contributed by atoms with Crippen molar-refractivity contribution < 1.29 is 14.1 Å². The maximum Gasteiger partial charge on any atom is 0.360 e. The maximum absolute atomic E-state index is 11.5. The second-order valence-electron chi connectivity index (χ2n) is 5.61. The second-order valence-corrected chi connectivity index (χ2v) is 5.61. The number of rotatable bonds is 8. The average molecular weight is 354 g/mol. The van der Waals surface area contributed by atoms with Crippen molar-refractivity contribution in [2.24, 2.45) is 0 Å². The van der Waals surface area contributed by atoms with E-state index in [0.717, 1.165) is 19.3 Å². The van der Waals surface area contributed by atoms with Crippen LogP contribution in [0.15, 0.2) is 53.1 Å². The van der Waals surface area contributed by atoms with Crippen LogP contribution < -0.4 is 10.5 Å². The monoisotopic (exact) mass is 354 g/mol. The predicted octanol–water partition coefficient (Wildman–Crippen LogP) is 3.63. The van der Waals surface area contributed by atoms with Crippen molar-refractivity contribution in [3.8, 4) is 17.3 Å². The molecule has 2 N–H and O–H groups in total. The number of nitro groups is 1. The van der Waals surface area contributed by atoms with E-state index < -0.39 is 4.92 Å². The fourth-order valence-electron chi connectivity index (χ4n) is 2.55. The molecule has 3 aromatic rings. The minimum Gasteiger partial charge on any atom is -0.473 e. The largest absolute Gasteiger partial charge is 0.473 e. The van der Waals surface area contributed by atoms with Gasteiger partial charge in [-0.3, -0.25) is 10.1 Å². The summed E-state index contributed by atoms with van der Waals surface area (Å²) in [6.07, 6.45) is 3.94. The van der Waals surface area contributed by atoms with E-state index in [-0.39, 0.29) is 29.0 Å². The third kappa shape index (κ3) is 4.15. The lowest BCUT2D eigenvalue weighted by Gasteiger charge is -2.08. The molecular formula is C18H18N4O4. The van der Waals surface area contributed by atoms with E-state index in [9.17, 15) is 10.1 Å². The van der Waals surface area contributed by atoms with Gasteiger partial charge >= 0.3 is 5.69 Å². The van der Waals surface area contributed by atoms with Crippen LogP contribution in [0.2, 0.25) is 0 Å². The van der Waals surface area contributed by atoms with Gasteiger partial charge in [0.2, 0.25) is 5.95 Å². The topological polar surface area (TPSA) is 117 Å². The molecule has 0 aliphatic rings. The van der Waals surface area contributed by atoms with Crippen LogP contribution in [0.1, 0.15) is 18.4 Å². The number of hydrogen-bond donors (Lipinski definition) is 1. The van der Waals surface area contributed by atoms with Gasteiger partial charge < -0.3 is 14.9 Å². The molecule has 2 aromatic heterocycles. The lowest BCUT2D eigenvalue weighted by Crippen LogP contribution is -2.08. The van der Waals surface area contributed by atoms with Gasteiger partial charge in [-0.25, -0.2) is 4.98 Å². The molecule has 0 saturated carbocycles. The van der Waals surface area contributed by atoms with Crippen LogP contribution in [0.25, 0.3) is 11.5 Å². The van der Waals surface area contributed by atoms with Crippen molar-refractivity contribution >= 4 is 11.6 Å². The van der Waals surface area contributed by atoms with Crippen LogP contribution in [0.5, 0.6) is 5.88 Å². The molecule has 0 aliphatic heterocycles. The van der Waals surface area contributed by atoms with Gasteiger partial charge in [-0.15, -0.1) is 0 Å². The number of nitrogens with two attached hydrogens (primary N) is 1. The van der Waals surface area contributed by atoms with Crippen molar-refractivity contribution in [3.63, 3.8) is 0 Å². The molecule has 134 valence electrons. The lowest BCUT2D eigenvalue weighted by atomic mass is 10.1. The lowest BCUT2D eigenvalue weighted by molar-refractivity contribution is -0.385. The predicted molar refractivity (Wildman–Crippen MR) is 95.7 cm³/mol. The number of nitrogens with zero attached hydrogens (tertiary/aromatic N) is 3. The minimum atomic E-state index is -0.587. The summed E-state index contributed by atoms with van der Waals surface area (Å²) >= 11 is 0. The number of ether oxygens (including phenoxy) is 1. The van der Waals surface area contributed by atoms with Gasteiger partial charge in [-0.05, 0) is 37.0 Å². The minimum absolute atomic E-state index is 0.00628. The Kier molecular flexibility index (Phi) is 5.43. The maximum atomic E-state index is 11.5. The molecule has 0 atom stereocenters. The van der Waals surface area contributed by atoms with E-state index in [1.807, 2.05) is 18.2 Å². The molecule has 26 heavy (non-hydrogen) atoms. The molecule has 0 spiro atoms. The Morgan fingerprint density at radius 1 is 1.12 bits per heavy atom. The standard InChI is InChI=1S/C18H18N4O4/c19-18-20-15(14-10-6-12-25-14)16(22(23)24)17(21-18)26-11-5-4-9-13-7-2-1-3-8-13/h1-3,6-8,10,12H,4-5,9,11H2,(H2,19,20,21). The number of furan rings is 1. The number of hydrogen-bond acceptors (Lipinski definition) is 7. The summed E-state index contributed by atoms with van der Waals surface area (Å²) in [6.45, 7) is 0.293. The van der Waals surface area contributed by atoms with E-state index in [4.69, 9.17) is 14.9 Å². The average Bonchev–Trinajstić information content (AvgIpc) is 3.16. The van der Waals surface area contributed by atoms with Gasteiger partial charge in [-0.2, -0.15) is 4.98 Å². The van der Waals surface area contributed by atoms with E-state index in [1.165, 1.54) is 11.8 Å². The van der Waals surface area contributed by atoms with E-state index >= 15 is 0 Å². The molecule has 0 fully saturated rings. The first-order chi connectivity index (χ1) is 12.6. The van der Waals surface area contributed by atoms with Crippen LogP contribution in [0.4, 0.5) is 11.6 Å². The summed E-state index contributed by atoms with van der Waals surface area (Å²) in [6, 6.07) is 13.3. The van der Waals surface area contributed by atoms with Crippen molar-refractivity contribution in [2.75, 3.05) is 12.3 Å². The molecule has 0 radical (unpaired) electrons. The van der Waals surface area contributed by atoms with Crippen LogP contribution >= 0.6 is 0 Å². The third-order valence-corrected chi connectivity index (χ3v) is 3.75. The van der Waals surface area contributed by atoms with Crippen LogP contribution in [0.3, 0.4) is 0 Å². The highest BCUT2D eigenvalue weighted by molar-refractivity contribution is 5.69.